The highest BCUT2D eigenvalue weighted by atomic mass is 32.1. The lowest BCUT2D eigenvalue weighted by molar-refractivity contribution is -0.0293. The van der Waals surface area contributed by atoms with Gasteiger partial charge < -0.3 is 9.84 Å². The molecule has 4 heteroatoms. The van der Waals surface area contributed by atoms with E-state index >= 15 is 0 Å². The van der Waals surface area contributed by atoms with Crippen LogP contribution in [0.2, 0.25) is 0 Å². The molecule has 0 amide bonds. The van der Waals surface area contributed by atoms with Gasteiger partial charge in [0.2, 0.25) is 0 Å². The third-order valence-electron chi connectivity index (χ3n) is 5.16. The van der Waals surface area contributed by atoms with Crippen LogP contribution >= 0.6 is 11.3 Å². The summed E-state index contributed by atoms with van der Waals surface area (Å²) in [6.07, 6.45) is 4.22. The molecule has 1 aliphatic heterocycles. The number of rotatable bonds is 5. The van der Waals surface area contributed by atoms with Crippen LogP contribution < -0.4 is 0 Å². The zero-order chi connectivity index (χ0) is 16.4. The molecular formula is C20H25NO2S. The summed E-state index contributed by atoms with van der Waals surface area (Å²) in [5, 5.41) is 12.6. The molecular weight excluding hydrogens is 318 g/mol. The van der Waals surface area contributed by atoms with Crippen molar-refractivity contribution in [3.63, 3.8) is 0 Å². The van der Waals surface area contributed by atoms with Crippen molar-refractivity contribution in [1.29, 1.82) is 0 Å². The number of hydrogen-bond acceptors (Lipinski definition) is 4. The Morgan fingerprint density at radius 2 is 2.12 bits per heavy atom. The van der Waals surface area contributed by atoms with Crippen molar-refractivity contribution in [3.8, 4) is 0 Å². The van der Waals surface area contributed by atoms with Crippen LogP contribution in [0.25, 0.3) is 0 Å². The summed E-state index contributed by atoms with van der Waals surface area (Å²) in [5.74, 6) is 0. The van der Waals surface area contributed by atoms with Gasteiger partial charge in [0.05, 0.1) is 18.8 Å². The van der Waals surface area contributed by atoms with Gasteiger partial charge in [0.25, 0.3) is 0 Å². The maximum atomic E-state index is 10.4. The van der Waals surface area contributed by atoms with E-state index in [2.05, 4.69) is 40.6 Å². The van der Waals surface area contributed by atoms with E-state index in [-0.39, 0.29) is 6.10 Å². The van der Waals surface area contributed by atoms with E-state index in [1.807, 2.05) is 11.3 Å². The number of thiophene rings is 1. The van der Waals surface area contributed by atoms with Crippen molar-refractivity contribution in [3.05, 3.63) is 57.3 Å². The van der Waals surface area contributed by atoms with E-state index < -0.39 is 6.10 Å². The number of nitrogens with zero attached hydrogens (tertiary/aromatic N) is 1. The standard InChI is InChI=1S/C20H25NO2S/c22-17(13-21-10-8-20-16(12-21)9-11-24-20)14-23-19-7-3-5-15-4-1-2-6-18(15)19/h1-2,4,6,9,11,17,19,22H,3,5,7-8,10,12-14H2/t17-,19-/m1/s1. The van der Waals surface area contributed by atoms with Gasteiger partial charge in [-0.15, -0.1) is 11.3 Å². The quantitative estimate of drug-likeness (QED) is 0.901. The summed E-state index contributed by atoms with van der Waals surface area (Å²) in [4.78, 5) is 3.86. The van der Waals surface area contributed by atoms with E-state index in [9.17, 15) is 5.11 Å². The van der Waals surface area contributed by atoms with E-state index in [1.54, 1.807) is 0 Å². The van der Waals surface area contributed by atoms with E-state index in [4.69, 9.17) is 4.74 Å². The molecule has 128 valence electrons. The number of hydrogen-bond donors (Lipinski definition) is 1. The van der Waals surface area contributed by atoms with E-state index in [0.717, 1.165) is 32.4 Å². The fourth-order valence-corrected chi connectivity index (χ4v) is 4.81. The van der Waals surface area contributed by atoms with Crippen LogP contribution in [0.3, 0.4) is 0 Å². The zero-order valence-electron chi connectivity index (χ0n) is 14.0. The Kier molecular flexibility index (Phi) is 4.99. The average Bonchev–Trinajstić information content (AvgIpc) is 3.07. The Morgan fingerprint density at radius 3 is 3.08 bits per heavy atom. The molecule has 2 atom stereocenters. The Morgan fingerprint density at radius 1 is 1.21 bits per heavy atom. The van der Waals surface area contributed by atoms with Crippen molar-refractivity contribution >= 4 is 11.3 Å². The first-order valence-electron chi connectivity index (χ1n) is 8.94. The summed E-state index contributed by atoms with van der Waals surface area (Å²) in [6.45, 7) is 3.12. The van der Waals surface area contributed by atoms with Gasteiger partial charge >= 0.3 is 0 Å². The third-order valence-corrected chi connectivity index (χ3v) is 6.18. The molecule has 0 saturated carbocycles. The number of β-amino-alcohol motifs (C(OH)–C–C–N with tert-alkyl or cyclic N) is 1. The van der Waals surface area contributed by atoms with Gasteiger partial charge in [0.1, 0.15) is 0 Å². The van der Waals surface area contributed by atoms with Crippen LogP contribution in [0.4, 0.5) is 0 Å². The summed E-state index contributed by atoms with van der Waals surface area (Å²) >= 11 is 1.85. The van der Waals surface area contributed by atoms with Gasteiger partial charge in [-0.05, 0) is 53.8 Å². The van der Waals surface area contributed by atoms with Crippen molar-refractivity contribution in [2.24, 2.45) is 0 Å². The maximum absolute atomic E-state index is 10.4. The largest absolute Gasteiger partial charge is 0.389 e. The Labute approximate surface area is 147 Å². The van der Waals surface area contributed by atoms with Crippen LogP contribution in [0, 0.1) is 0 Å². The molecule has 24 heavy (non-hydrogen) atoms. The zero-order valence-corrected chi connectivity index (χ0v) is 14.8. The third kappa shape index (κ3) is 3.57. The summed E-state index contributed by atoms with van der Waals surface area (Å²) in [5.41, 5.74) is 4.15. The van der Waals surface area contributed by atoms with Gasteiger partial charge in [-0.25, -0.2) is 0 Å². The van der Waals surface area contributed by atoms with Crippen LogP contribution in [0.15, 0.2) is 35.7 Å². The Hall–Kier alpha value is -1.20. The summed E-state index contributed by atoms with van der Waals surface area (Å²) < 4.78 is 6.09. The molecule has 2 heterocycles. The second kappa shape index (κ2) is 7.36. The lowest BCUT2D eigenvalue weighted by Gasteiger charge is -2.30. The highest BCUT2D eigenvalue weighted by molar-refractivity contribution is 7.10. The number of aliphatic hydroxyl groups is 1. The molecule has 2 aliphatic rings. The second-order valence-corrected chi connectivity index (χ2v) is 7.92. The Balaban J connectivity index is 1.29. The normalized spacial score (nSPS) is 22.0. The van der Waals surface area contributed by atoms with Gasteiger partial charge in [0.15, 0.2) is 0 Å². The molecule has 0 saturated heterocycles. The van der Waals surface area contributed by atoms with Crippen molar-refractivity contribution in [2.45, 2.75) is 44.4 Å². The average molecular weight is 343 g/mol. The lowest BCUT2D eigenvalue weighted by atomic mass is 9.89. The molecule has 0 fully saturated rings. The number of ether oxygens (including phenoxy) is 1. The lowest BCUT2D eigenvalue weighted by Crippen LogP contribution is -2.38. The summed E-state index contributed by atoms with van der Waals surface area (Å²) in [7, 11) is 0. The first kappa shape index (κ1) is 16.3. The van der Waals surface area contributed by atoms with Crippen LogP contribution in [-0.4, -0.2) is 35.8 Å². The van der Waals surface area contributed by atoms with E-state index in [0.29, 0.717) is 13.2 Å². The Bertz CT molecular complexity index is 684. The fourth-order valence-electron chi connectivity index (χ4n) is 3.92. The first-order chi connectivity index (χ1) is 11.8. The predicted octanol–water partition coefficient (Wildman–Crippen LogP) is 3.56. The number of aliphatic hydroxyl groups excluding tert-OH is 1. The molecule has 0 unspecified atom stereocenters. The molecule has 0 spiro atoms. The maximum Gasteiger partial charge on any atom is 0.0900 e. The fraction of sp³-hybridized carbons (Fsp3) is 0.500. The summed E-state index contributed by atoms with van der Waals surface area (Å²) in [6, 6.07) is 10.8. The van der Waals surface area contributed by atoms with E-state index in [1.165, 1.54) is 28.0 Å². The molecule has 1 aromatic heterocycles. The van der Waals surface area contributed by atoms with Gasteiger partial charge in [-0.3, -0.25) is 4.90 Å². The van der Waals surface area contributed by atoms with Gasteiger partial charge in [-0.1, -0.05) is 24.3 Å². The topological polar surface area (TPSA) is 32.7 Å². The molecule has 1 aliphatic carbocycles. The number of aryl methyl sites for hydroxylation is 1. The first-order valence-corrected chi connectivity index (χ1v) is 9.82. The van der Waals surface area contributed by atoms with Crippen LogP contribution in [0.1, 0.15) is 40.5 Å². The number of fused-ring (bicyclic) bond motifs is 2. The minimum Gasteiger partial charge on any atom is -0.389 e. The number of benzene rings is 1. The second-order valence-electron chi connectivity index (χ2n) is 6.92. The van der Waals surface area contributed by atoms with Gasteiger partial charge in [0, 0.05) is 24.5 Å². The van der Waals surface area contributed by atoms with Crippen molar-refractivity contribution in [1.82, 2.24) is 4.90 Å². The van der Waals surface area contributed by atoms with Crippen molar-refractivity contribution in [2.75, 3.05) is 19.7 Å². The smallest absolute Gasteiger partial charge is 0.0900 e. The molecule has 0 bridgehead atoms. The van der Waals surface area contributed by atoms with Crippen LogP contribution in [-0.2, 0) is 24.1 Å². The van der Waals surface area contributed by atoms with Crippen molar-refractivity contribution < 1.29 is 9.84 Å². The minimum atomic E-state index is -0.417. The van der Waals surface area contributed by atoms with Crippen LogP contribution in [0.5, 0.6) is 0 Å². The molecule has 2 aromatic rings. The monoisotopic (exact) mass is 343 g/mol. The molecule has 1 N–H and O–H groups in total. The predicted molar refractivity (Wildman–Crippen MR) is 97.4 cm³/mol. The molecule has 0 radical (unpaired) electrons. The molecule has 1 aromatic carbocycles. The molecule has 3 nitrogen and oxygen atoms in total. The SMILES string of the molecule is O[C@@H](CO[C@@H]1CCCc2ccccc21)CN1CCc2sccc2C1. The molecule has 4 rings (SSSR count). The van der Waals surface area contributed by atoms with Gasteiger partial charge in [-0.2, -0.15) is 0 Å². The highest BCUT2D eigenvalue weighted by Gasteiger charge is 2.23. The minimum absolute atomic E-state index is 0.148. The highest BCUT2D eigenvalue weighted by Crippen LogP contribution is 2.32.